The lowest BCUT2D eigenvalue weighted by atomic mass is 10.1. The van der Waals surface area contributed by atoms with E-state index in [-0.39, 0.29) is 11.7 Å². The molecule has 1 N–H and O–H groups in total. The Hall–Kier alpha value is -1.44. The van der Waals surface area contributed by atoms with Crippen molar-refractivity contribution in [3.63, 3.8) is 0 Å². The molecule has 1 heterocycles. The molecule has 0 unspecified atom stereocenters. The molecule has 0 saturated carbocycles. The molecule has 0 radical (unpaired) electrons. The number of hydrogen-bond acceptors (Lipinski definition) is 3. The second-order valence-electron chi connectivity index (χ2n) is 4.19. The first-order valence-electron chi connectivity index (χ1n) is 5.80. The smallest absolute Gasteiger partial charge is 0.140 e. The molecule has 4 heteroatoms. The van der Waals surface area contributed by atoms with Gasteiger partial charge in [0.1, 0.15) is 11.9 Å². The number of piperidine rings is 1. The van der Waals surface area contributed by atoms with Crippen molar-refractivity contribution in [2.75, 3.05) is 13.1 Å². The maximum Gasteiger partial charge on any atom is 0.140 e. The van der Waals surface area contributed by atoms with Crippen LogP contribution in [-0.2, 0) is 11.3 Å². The van der Waals surface area contributed by atoms with Crippen LogP contribution in [0.25, 0.3) is 0 Å². The van der Waals surface area contributed by atoms with Crippen LogP contribution in [0.3, 0.4) is 0 Å². The van der Waals surface area contributed by atoms with Gasteiger partial charge in [-0.1, -0.05) is 6.07 Å². The van der Waals surface area contributed by atoms with Crippen LogP contribution >= 0.6 is 0 Å². The SMILES string of the molecule is N#Cc1cc(COC2CCNCC2)ccc1F. The third-order valence-corrected chi connectivity index (χ3v) is 2.92. The highest BCUT2D eigenvalue weighted by Gasteiger charge is 2.13. The molecular formula is C13H15FN2O. The highest BCUT2D eigenvalue weighted by molar-refractivity contribution is 5.34. The van der Waals surface area contributed by atoms with Crippen molar-refractivity contribution in [3.8, 4) is 6.07 Å². The van der Waals surface area contributed by atoms with Crippen molar-refractivity contribution in [2.45, 2.75) is 25.6 Å². The van der Waals surface area contributed by atoms with Crippen LogP contribution in [0.4, 0.5) is 4.39 Å². The summed E-state index contributed by atoms with van der Waals surface area (Å²) >= 11 is 0. The van der Waals surface area contributed by atoms with E-state index in [0.29, 0.717) is 6.61 Å². The van der Waals surface area contributed by atoms with Crippen LogP contribution < -0.4 is 5.32 Å². The lowest BCUT2D eigenvalue weighted by Crippen LogP contribution is -2.32. The molecule has 17 heavy (non-hydrogen) atoms. The van der Waals surface area contributed by atoms with Crippen LogP contribution in [0, 0.1) is 17.1 Å². The Morgan fingerprint density at radius 2 is 2.18 bits per heavy atom. The number of ether oxygens (including phenoxy) is 1. The lowest BCUT2D eigenvalue weighted by molar-refractivity contribution is 0.0212. The predicted octanol–water partition coefficient (Wildman–Crippen LogP) is 1.97. The Morgan fingerprint density at radius 1 is 1.41 bits per heavy atom. The first kappa shape index (κ1) is 12.0. The van der Waals surface area contributed by atoms with Gasteiger partial charge in [0.2, 0.25) is 0 Å². The molecule has 1 aromatic rings. The van der Waals surface area contributed by atoms with Gasteiger partial charge in [-0.15, -0.1) is 0 Å². The van der Waals surface area contributed by atoms with E-state index < -0.39 is 5.82 Å². The Balaban J connectivity index is 1.92. The molecule has 0 atom stereocenters. The summed E-state index contributed by atoms with van der Waals surface area (Å²) in [5, 5.41) is 12.0. The number of halogens is 1. The average Bonchev–Trinajstić information content (AvgIpc) is 2.39. The topological polar surface area (TPSA) is 45.0 Å². The lowest BCUT2D eigenvalue weighted by Gasteiger charge is -2.22. The molecule has 0 amide bonds. The third kappa shape index (κ3) is 3.26. The van der Waals surface area contributed by atoms with Crippen molar-refractivity contribution in [1.29, 1.82) is 5.26 Å². The van der Waals surface area contributed by atoms with Gasteiger partial charge in [-0.25, -0.2) is 4.39 Å². The predicted molar refractivity (Wildman–Crippen MR) is 61.8 cm³/mol. The largest absolute Gasteiger partial charge is 0.373 e. The number of nitrogens with one attached hydrogen (secondary N) is 1. The van der Waals surface area contributed by atoms with Gasteiger partial charge in [0.15, 0.2) is 0 Å². The summed E-state index contributed by atoms with van der Waals surface area (Å²) in [5.41, 5.74) is 0.929. The maximum absolute atomic E-state index is 13.1. The van der Waals surface area contributed by atoms with Crippen molar-refractivity contribution in [3.05, 3.63) is 35.1 Å². The fourth-order valence-corrected chi connectivity index (χ4v) is 1.92. The first-order chi connectivity index (χ1) is 8.29. The fourth-order valence-electron chi connectivity index (χ4n) is 1.92. The summed E-state index contributed by atoms with van der Waals surface area (Å²) < 4.78 is 18.8. The second kappa shape index (κ2) is 5.76. The minimum atomic E-state index is -0.474. The normalized spacial score (nSPS) is 16.7. The Labute approximate surface area is 100 Å². The quantitative estimate of drug-likeness (QED) is 0.869. The van der Waals surface area contributed by atoms with E-state index in [1.54, 1.807) is 12.1 Å². The van der Waals surface area contributed by atoms with Gasteiger partial charge < -0.3 is 10.1 Å². The molecule has 0 aromatic heterocycles. The molecule has 0 spiro atoms. The Morgan fingerprint density at radius 3 is 2.88 bits per heavy atom. The van der Waals surface area contributed by atoms with E-state index >= 15 is 0 Å². The van der Waals surface area contributed by atoms with Crippen LogP contribution in [0.5, 0.6) is 0 Å². The molecule has 2 rings (SSSR count). The molecule has 1 aromatic carbocycles. The fraction of sp³-hybridized carbons (Fsp3) is 0.462. The highest BCUT2D eigenvalue weighted by Crippen LogP contribution is 2.14. The number of nitriles is 1. The molecule has 1 aliphatic rings. The summed E-state index contributed by atoms with van der Waals surface area (Å²) in [7, 11) is 0. The minimum absolute atomic E-state index is 0.0800. The second-order valence-corrected chi connectivity index (χ2v) is 4.19. The summed E-state index contributed by atoms with van der Waals surface area (Å²) in [6.07, 6.45) is 2.28. The summed E-state index contributed by atoms with van der Waals surface area (Å²) in [4.78, 5) is 0. The number of rotatable bonds is 3. The van der Waals surface area contributed by atoms with Gasteiger partial charge in [0, 0.05) is 0 Å². The molecule has 1 fully saturated rings. The molecule has 1 aliphatic heterocycles. The van der Waals surface area contributed by atoms with Crippen LogP contribution in [0.15, 0.2) is 18.2 Å². The van der Waals surface area contributed by atoms with E-state index in [9.17, 15) is 4.39 Å². The maximum atomic E-state index is 13.1. The molecular weight excluding hydrogens is 219 g/mol. The van der Waals surface area contributed by atoms with Crippen LogP contribution in [-0.4, -0.2) is 19.2 Å². The Bertz CT molecular complexity index is 422. The summed E-state index contributed by atoms with van der Waals surface area (Å²) in [6.45, 7) is 2.41. The van der Waals surface area contributed by atoms with E-state index in [1.807, 2.05) is 6.07 Å². The minimum Gasteiger partial charge on any atom is -0.373 e. The van der Waals surface area contributed by atoms with Gasteiger partial charge in [-0.2, -0.15) is 5.26 Å². The zero-order chi connectivity index (χ0) is 12.1. The van der Waals surface area contributed by atoms with Crippen molar-refractivity contribution >= 4 is 0 Å². The van der Waals surface area contributed by atoms with Gasteiger partial charge in [0.05, 0.1) is 18.3 Å². The van der Waals surface area contributed by atoms with E-state index in [4.69, 9.17) is 10.00 Å². The standard InChI is InChI=1S/C13H15FN2O/c14-13-2-1-10(7-11(13)8-15)9-17-12-3-5-16-6-4-12/h1-2,7,12,16H,3-6,9H2. The zero-order valence-electron chi connectivity index (χ0n) is 9.58. The molecule has 0 aliphatic carbocycles. The first-order valence-corrected chi connectivity index (χ1v) is 5.80. The summed E-state index contributed by atoms with van der Waals surface area (Å²) in [6, 6.07) is 6.37. The van der Waals surface area contributed by atoms with E-state index in [1.165, 1.54) is 6.07 Å². The molecule has 3 nitrogen and oxygen atoms in total. The number of benzene rings is 1. The average molecular weight is 234 g/mol. The van der Waals surface area contributed by atoms with Gasteiger partial charge in [-0.05, 0) is 43.6 Å². The third-order valence-electron chi connectivity index (χ3n) is 2.92. The van der Waals surface area contributed by atoms with Gasteiger partial charge in [-0.3, -0.25) is 0 Å². The number of nitrogens with zero attached hydrogens (tertiary/aromatic N) is 1. The molecule has 1 saturated heterocycles. The zero-order valence-corrected chi connectivity index (χ0v) is 9.58. The van der Waals surface area contributed by atoms with Crippen LogP contribution in [0.1, 0.15) is 24.0 Å². The summed E-state index contributed by atoms with van der Waals surface area (Å²) in [5.74, 6) is -0.474. The van der Waals surface area contributed by atoms with Crippen molar-refractivity contribution in [1.82, 2.24) is 5.32 Å². The molecule has 0 bridgehead atoms. The molecule has 90 valence electrons. The number of hydrogen-bond donors (Lipinski definition) is 1. The van der Waals surface area contributed by atoms with E-state index in [2.05, 4.69) is 5.32 Å². The van der Waals surface area contributed by atoms with Crippen molar-refractivity contribution in [2.24, 2.45) is 0 Å². The Kier molecular flexibility index (Phi) is 4.08. The van der Waals surface area contributed by atoms with E-state index in [0.717, 1.165) is 31.5 Å². The monoisotopic (exact) mass is 234 g/mol. The van der Waals surface area contributed by atoms with Gasteiger partial charge >= 0.3 is 0 Å². The van der Waals surface area contributed by atoms with Crippen molar-refractivity contribution < 1.29 is 9.13 Å². The highest BCUT2D eigenvalue weighted by atomic mass is 19.1. The van der Waals surface area contributed by atoms with Crippen LogP contribution in [0.2, 0.25) is 0 Å². The van der Waals surface area contributed by atoms with Gasteiger partial charge in [0.25, 0.3) is 0 Å².